The lowest BCUT2D eigenvalue weighted by Crippen LogP contribution is -2.33. The summed E-state index contributed by atoms with van der Waals surface area (Å²) >= 11 is 0. The normalized spacial score (nSPS) is 16.8. The topological polar surface area (TPSA) is 88.5 Å². The third-order valence-electron chi connectivity index (χ3n) is 6.63. The summed E-state index contributed by atoms with van der Waals surface area (Å²) < 4.78 is 17.0. The minimum absolute atomic E-state index is 0.0635. The van der Waals surface area contributed by atoms with Gasteiger partial charge in [0.2, 0.25) is 0 Å². The number of carbonyl (C=O) groups excluding carboxylic acids is 2. The van der Waals surface area contributed by atoms with Gasteiger partial charge >= 0.3 is 0 Å². The summed E-state index contributed by atoms with van der Waals surface area (Å²) in [4.78, 5) is 30.5. The molecule has 0 aromatic heterocycles. The van der Waals surface area contributed by atoms with E-state index in [0.29, 0.717) is 61.2 Å². The zero-order valence-corrected chi connectivity index (χ0v) is 23.2. The molecule has 1 aliphatic heterocycles. The van der Waals surface area contributed by atoms with Gasteiger partial charge in [-0.05, 0) is 88.8 Å². The van der Waals surface area contributed by atoms with Crippen LogP contribution in [-0.4, -0.2) is 72.6 Å². The first-order valence-corrected chi connectivity index (χ1v) is 13.5. The molecule has 1 amide bonds. The molecule has 8 heteroatoms. The van der Waals surface area contributed by atoms with Crippen LogP contribution in [0.15, 0.2) is 48.0 Å². The van der Waals surface area contributed by atoms with E-state index in [9.17, 15) is 14.7 Å². The molecule has 1 atom stereocenters. The molecule has 0 aliphatic carbocycles. The first kappa shape index (κ1) is 29.0. The van der Waals surface area contributed by atoms with E-state index in [4.69, 9.17) is 14.2 Å². The molecule has 0 bridgehead atoms. The number of likely N-dealkylation sites (tertiary alicyclic amines) is 1. The number of carbonyl (C=O) groups is 2. The van der Waals surface area contributed by atoms with E-state index >= 15 is 0 Å². The number of nitrogens with zero attached hydrogens (tertiary/aromatic N) is 2. The number of ketones is 1. The SMILES string of the molecule is CCOc1ccc(/C(O)=C2/C(=O)C(=O)N(CCCN(CC)CC)C2c2ccc(OCC)c(OCC)c2)cc1. The van der Waals surface area contributed by atoms with Crippen LogP contribution >= 0.6 is 0 Å². The summed E-state index contributed by atoms with van der Waals surface area (Å²) in [5.74, 6) is 0.245. The van der Waals surface area contributed by atoms with Crippen molar-refractivity contribution in [2.45, 2.75) is 47.1 Å². The van der Waals surface area contributed by atoms with Crippen molar-refractivity contribution in [1.29, 1.82) is 0 Å². The van der Waals surface area contributed by atoms with E-state index in [1.807, 2.05) is 26.8 Å². The van der Waals surface area contributed by atoms with Crippen molar-refractivity contribution in [1.82, 2.24) is 9.80 Å². The summed E-state index contributed by atoms with van der Waals surface area (Å²) in [7, 11) is 0. The molecule has 0 saturated carbocycles. The zero-order chi connectivity index (χ0) is 27.7. The predicted molar refractivity (Wildman–Crippen MR) is 148 cm³/mol. The van der Waals surface area contributed by atoms with Gasteiger partial charge in [0.1, 0.15) is 11.5 Å². The lowest BCUT2D eigenvalue weighted by atomic mass is 9.95. The molecular weight excluding hydrogens is 484 g/mol. The largest absolute Gasteiger partial charge is 0.507 e. The Morgan fingerprint density at radius 2 is 1.50 bits per heavy atom. The molecule has 1 heterocycles. The van der Waals surface area contributed by atoms with Gasteiger partial charge in [0.25, 0.3) is 11.7 Å². The number of hydrogen-bond donors (Lipinski definition) is 1. The molecule has 0 spiro atoms. The molecule has 206 valence electrons. The van der Waals surface area contributed by atoms with Gasteiger partial charge in [-0.1, -0.05) is 19.9 Å². The average molecular weight is 525 g/mol. The fourth-order valence-corrected chi connectivity index (χ4v) is 4.73. The van der Waals surface area contributed by atoms with E-state index in [-0.39, 0.29) is 11.3 Å². The van der Waals surface area contributed by atoms with Crippen molar-refractivity contribution < 1.29 is 28.9 Å². The number of Topliss-reactive ketones (excluding diaryl/α,β-unsaturated/α-hetero) is 1. The Kier molecular flexibility index (Phi) is 10.6. The predicted octanol–water partition coefficient (Wildman–Crippen LogP) is 5.04. The second-order valence-corrected chi connectivity index (χ2v) is 8.90. The second-order valence-electron chi connectivity index (χ2n) is 8.90. The van der Waals surface area contributed by atoms with Gasteiger partial charge in [-0.25, -0.2) is 0 Å². The molecule has 0 radical (unpaired) electrons. The highest BCUT2D eigenvalue weighted by Gasteiger charge is 2.46. The van der Waals surface area contributed by atoms with Gasteiger partial charge in [0, 0.05) is 12.1 Å². The number of amides is 1. The Hall–Kier alpha value is -3.52. The Balaban J connectivity index is 2.08. The third kappa shape index (κ3) is 6.48. The van der Waals surface area contributed by atoms with Gasteiger partial charge in [-0.3, -0.25) is 9.59 Å². The Labute approximate surface area is 225 Å². The molecule has 3 rings (SSSR count). The number of benzene rings is 2. The van der Waals surface area contributed by atoms with Crippen molar-refractivity contribution >= 4 is 17.4 Å². The highest BCUT2D eigenvalue weighted by atomic mass is 16.5. The lowest BCUT2D eigenvalue weighted by molar-refractivity contribution is -0.140. The van der Waals surface area contributed by atoms with E-state index in [1.165, 1.54) is 0 Å². The van der Waals surface area contributed by atoms with Crippen LogP contribution in [0.2, 0.25) is 0 Å². The van der Waals surface area contributed by atoms with Crippen molar-refractivity contribution in [2.24, 2.45) is 0 Å². The summed E-state index contributed by atoms with van der Waals surface area (Å²) in [5, 5.41) is 11.4. The van der Waals surface area contributed by atoms with Gasteiger partial charge in [-0.15, -0.1) is 0 Å². The molecule has 38 heavy (non-hydrogen) atoms. The molecule has 2 aromatic rings. The number of aliphatic hydroxyl groups is 1. The molecule has 1 fully saturated rings. The number of ether oxygens (including phenoxy) is 3. The van der Waals surface area contributed by atoms with Gasteiger partial charge < -0.3 is 29.1 Å². The molecule has 1 N–H and O–H groups in total. The fraction of sp³-hybridized carbons (Fsp3) is 0.467. The van der Waals surface area contributed by atoms with Crippen LogP contribution in [-0.2, 0) is 9.59 Å². The van der Waals surface area contributed by atoms with Crippen LogP contribution < -0.4 is 14.2 Å². The molecule has 8 nitrogen and oxygen atoms in total. The Morgan fingerprint density at radius 3 is 2.11 bits per heavy atom. The fourth-order valence-electron chi connectivity index (χ4n) is 4.73. The standard InChI is InChI=1S/C30H40N2O6/c1-6-31(7-2)18-11-19-32-27(22-14-17-24(37-9-4)25(20-22)38-10-5)26(29(34)30(32)35)28(33)21-12-15-23(16-13-21)36-8-3/h12-17,20,27,33H,6-11,18-19H2,1-5H3/b28-26-. The third-order valence-corrected chi connectivity index (χ3v) is 6.63. The summed E-state index contributed by atoms with van der Waals surface area (Å²) in [6.45, 7) is 14.3. The molecule has 1 unspecified atom stereocenters. The Morgan fingerprint density at radius 1 is 0.868 bits per heavy atom. The molecule has 1 aliphatic rings. The van der Waals surface area contributed by atoms with Crippen molar-refractivity contribution in [3.8, 4) is 17.2 Å². The molecule has 1 saturated heterocycles. The maximum Gasteiger partial charge on any atom is 0.295 e. The first-order chi connectivity index (χ1) is 18.4. The zero-order valence-electron chi connectivity index (χ0n) is 23.2. The minimum atomic E-state index is -0.756. The van der Waals surface area contributed by atoms with Crippen molar-refractivity contribution in [3.63, 3.8) is 0 Å². The van der Waals surface area contributed by atoms with Crippen LogP contribution in [0.4, 0.5) is 0 Å². The van der Waals surface area contributed by atoms with Crippen LogP contribution in [0.5, 0.6) is 17.2 Å². The average Bonchev–Trinajstić information content (AvgIpc) is 3.17. The lowest BCUT2D eigenvalue weighted by Gasteiger charge is -2.27. The number of rotatable bonds is 14. The second kappa shape index (κ2) is 13.9. The highest BCUT2D eigenvalue weighted by molar-refractivity contribution is 6.46. The Bertz CT molecular complexity index is 1120. The van der Waals surface area contributed by atoms with Crippen LogP contribution in [0.3, 0.4) is 0 Å². The number of hydrogen-bond acceptors (Lipinski definition) is 7. The maximum atomic E-state index is 13.4. The van der Waals surface area contributed by atoms with Crippen molar-refractivity contribution in [2.75, 3.05) is 46.0 Å². The minimum Gasteiger partial charge on any atom is -0.507 e. The molecule has 2 aromatic carbocycles. The smallest absolute Gasteiger partial charge is 0.295 e. The van der Waals surface area contributed by atoms with Gasteiger partial charge in [0.15, 0.2) is 11.5 Å². The monoisotopic (exact) mass is 524 g/mol. The maximum absolute atomic E-state index is 13.4. The first-order valence-electron chi connectivity index (χ1n) is 13.5. The highest BCUT2D eigenvalue weighted by Crippen LogP contribution is 2.42. The summed E-state index contributed by atoms with van der Waals surface area (Å²) in [6.07, 6.45) is 0.698. The van der Waals surface area contributed by atoms with E-state index in [0.717, 1.165) is 19.6 Å². The van der Waals surface area contributed by atoms with E-state index in [2.05, 4.69) is 18.7 Å². The van der Waals surface area contributed by atoms with Crippen molar-refractivity contribution in [3.05, 3.63) is 59.2 Å². The van der Waals surface area contributed by atoms with Gasteiger partial charge in [0.05, 0.1) is 31.4 Å². The van der Waals surface area contributed by atoms with Crippen LogP contribution in [0.1, 0.15) is 58.2 Å². The molecular formula is C30H40N2O6. The number of aliphatic hydroxyl groups excluding tert-OH is 1. The van der Waals surface area contributed by atoms with Crippen LogP contribution in [0, 0.1) is 0 Å². The van der Waals surface area contributed by atoms with Gasteiger partial charge in [-0.2, -0.15) is 0 Å². The quantitative estimate of drug-likeness (QED) is 0.211. The summed E-state index contributed by atoms with van der Waals surface area (Å²) in [6, 6.07) is 11.5. The summed E-state index contributed by atoms with van der Waals surface area (Å²) in [5.41, 5.74) is 1.18. The van der Waals surface area contributed by atoms with E-state index < -0.39 is 17.7 Å². The van der Waals surface area contributed by atoms with Crippen LogP contribution in [0.25, 0.3) is 5.76 Å². The van der Waals surface area contributed by atoms with E-state index in [1.54, 1.807) is 41.3 Å².